The number of ether oxygens (including phenoxy) is 3. The molecule has 200 valence electrons. The van der Waals surface area contributed by atoms with Gasteiger partial charge < -0.3 is 19.2 Å². The van der Waals surface area contributed by atoms with E-state index in [1.165, 1.54) is 0 Å². The number of fused-ring (bicyclic) bond motifs is 1. The summed E-state index contributed by atoms with van der Waals surface area (Å²) in [6.07, 6.45) is 2.90. The lowest BCUT2D eigenvalue weighted by molar-refractivity contribution is 0.0887. The van der Waals surface area contributed by atoms with Crippen LogP contribution in [0.1, 0.15) is 49.2 Å². The Labute approximate surface area is 221 Å². The average Bonchev–Trinajstić information content (AvgIpc) is 3.62. The number of para-hydroxylation sites is 1. The summed E-state index contributed by atoms with van der Waals surface area (Å²) in [6.45, 7) is 4.43. The largest absolute Gasteiger partial charge is 0.497 e. The molecular formula is C28H34N6O4. The lowest BCUT2D eigenvalue weighted by Crippen LogP contribution is -2.33. The van der Waals surface area contributed by atoms with Crippen molar-refractivity contribution in [3.63, 3.8) is 0 Å². The second-order valence-corrected chi connectivity index (χ2v) is 9.57. The van der Waals surface area contributed by atoms with Crippen LogP contribution in [0.4, 0.5) is 0 Å². The van der Waals surface area contributed by atoms with Crippen LogP contribution < -0.4 is 15.0 Å². The summed E-state index contributed by atoms with van der Waals surface area (Å²) in [5.74, 6) is 2.29. The highest BCUT2D eigenvalue weighted by molar-refractivity contribution is 5.80. The molecule has 2 aromatic heterocycles. The molecule has 4 aromatic rings. The molecule has 0 bridgehead atoms. The summed E-state index contributed by atoms with van der Waals surface area (Å²) in [7, 11) is 3.30. The summed E-state index contributed by atoms with van der Waals surface area (Å²) in [6, 6.07) is 15.4. The summed E-state index contributed by atoms with van der Waals surface area (Å²) in [5.41, 5.74) is 2.31. The smallest absolute Gasteiger partial charge is 0.252 e. The van der Waals surface area contributed by atoms with Gasteiger partial charge in [0.2, 0.25) is 0 Å². The Bertz CT molecular complexity index is 1430. The minimum Gasteiger partial charge on any atom is -0.497 e. The number of rotatable bonds is 11. The Balaban J connectivity index is 1.53. The second kappa shape index (κ2) is 11.7. The van der Waals surface area contributed by atoms with Gasteiger partial charge in [0.25, 0.3) is 5.56 Å². The van der Waals surface area contributed by atoms with Crippen molar-refractivity contribution in [2.24, 2.45) is 0 Å². The van der Waals surface area contributed by atoms with Gasteiger partial charge in [-0.25, -0.2) is 4.68 Å². The van der Waals surface area contributed by atoms with Gasteiger partial charge in [-0.3, -0.25) is 9.69 Å². The quantitative estimate of drug-likeness (QED) is 0.319. The van der Waals surface area contributed by atoms with Crippen LogP contribution in [0.25, 0.3) is 10.9 Å². The van der Waals surface area contributed by atoms with Gasteiger partial charge in [0.05, 0.1) is 32.9 Å². The van der Waals surface area contributed by atoms with E-state index in [9.17, 15) is 4.79 Å². The third kappa shape index (κ3) is 5.56. The number of aromatic amines is 1. The van der Waals surface area contributed by atoms with Gasteiger partial charge in [0.15, 0.2) is 5.82 Å². The fourth-order valence-corrected chi connectivity index (χ4v) is 5.19. The summed E-state index contributed by atoms with van der Waals surface area (Å²) in [5, 5.41) is 13.7. The maximum absolute atomic E-state index is 13.2. The maximum Gasteiger partial charge on any atom is 0.252 e. The van der Waals surface area contributed by atoms with Gasteiger partial charge in [0, 0.05) is 41.7 Å². The molecule has 2 atom stereocenters. The SMILES string of the molecule is CC[C@@H](c1nnnn1C[C@@H]1CCCO1)N(Cc1ccccc1OC)Cc1cc2cc(OC)ccc2[nH]c1=O. The van der Waals surface area contributed by atoms with E-state index in [1.54, 1.807) is 14.2 Å². The van der Waals surface area contributed by atoms with E-state index >= 15 is 0 Å². The zero-order chi connectivity index (χ0) is 26.5. The van der Waals surface area contributed by atoms with Crippen molar-refractivity contribution in [2.45, 2.75) is 58.0 Å². The molecule has 5 rings (SSSR count). The molecule has 0 amide bonds. The molecule has 2 aromatic carbocycles. The summed E-state index contributed by atoms with van der Waals surface area (Å²) in [4.78, 5) is 18.5. The Morgan fingerprint density at radius 3 is 2.74 bits per heavy atom. The van der Waals surface area contributed by atoms with Crippen LogP contribution in [-0.4, -0.2) is 57.0 Å². The number of aromatic nitrogens is 5. The second-order valence-electron chi connectivity index (χ2n) is 9.57. The first kappa shape index (κ1) is 25.9. The molecule has 0 radical (unpaired) electrons. The summed E-state index contributed by atoms with van der Waals surface area (Å²) >= 11 is 0. The van der Waals surface area contributed by atoms with Gasteiger partial charge in [0.1, 0.15) is 11.5 Å². The molecule has 1 N–H and O–H groups in total. The van der Waals surface area contributed by atoms with E-state index < -0.39 is 0 Å². The van der Waals surface area contributed by atoms with Crippen LogP contribution in [0.2, 0.25) is 0 Å². The molecule has 1 aliphatic rings. The fourth-order valence-electron chi connectivity index (χ4n) is 5.19. The number of hydrogen-bond donors (Lipinski definition) is 1. The van der Waals surface area contributed by atoms with E-state index in [0.29, 0.717) is 25.2 Å². The highest BCUT2D eigenvalue weighted by Crippen LogP contribution is 2.30. The van der Waals surface area contributed by atoms with E-state index in [4.69, 9.17) is 14.2 Å². The Hall–Kier alpha value is -3.76. The molecule has 0 spiro atoms. The molecule has 3 heterocycles. The van der Waals surface area contributed by atoms with E-state index in [1.807, 2.05) is 53.2 Å². The number of hydrogen-bond acceptors (Lipinski definition) is 8. The zero-order valence-corrected chi connectivity index (χ0v) is 22.1. The van der Waals surface area contributed by atoms with Crippen molar-refractivity contribution in [3.05, 3.63) is 75.8 Å². The minimum atomic E-state index is -0.142. The van der Waals surface area contributed by atoms with Gasteiger partial charge in [-0.1, -0.05) is 25.1 Å². The monoisotopic (exact) mass is 518 g/mol. The molecule has 10 heteroatoms. The molecule has 0 unspecified atom stereocenters. The predicted molar refractivity (Wildman–Crippen MR) is 143 cm³/mol. The number of H-pyrrole nitrogens is 1. The minimum absolute atomic E-state index is 0.107. The first-order valence-electron chi connectivity index (χ1n) is 13.0. The van der Waals surface area contributed by atoms with Crippen molar-refractivity contribution >= 4 is 10.9 Å². The lowest BCUT2D eigenvalue weighted by Gasteiger charge is -2.31. The number of nitrogens with zero attached hydrogens (tertiary/aromatic N) is 5. The van der Waals surface area contributed by atoms with Crippen LogP contribution in [0.15, 0.2) is 53.3 Å². The van der Waals surface area contributed by atoms with Gasteiger partial charge in [-0.2, -0.15) is 0 Å². The first-order valence-corrected chi connectivity index (χ1v) is 13.0. The zero-order valence-electron chi connectivity index (χ0n) is 22.1. The van der Waals surface area contributed by atoms with Crippen molar-refractivity contribution in [1.29, 1.82) is 0 Å². The third-order valence-corrected chi connectivity index (χ3v) is 7.15. The van der Waals surface area contributed by atoms with Crippen LogP contribution >= 0.6 is 0 Å². The molecular weight excluding hydrogens is 484 g/mol. The van der Waals surface area contributed by atoms with Gasteiger partial charge >= 0.3 is 0 Å². The summed E-state index contributed by atoms with van der Waals surface area (Å²) < 4.78 is 18.8. The third-order valence-electron chi connectivity index (χ3n) is 7.15. The van der Waals surface area contributed by atoms with Crippen LogP contribution in [-0.2, 0) is 24.4 Å². The van der Waals surface area contributed by atoms with E-state index in [0.717, 1.165) is 59.7 Å². The molecule has 1 fully saturated rings. The molecule has 38 heavy (non-hydrogen) atoms. The molecule has 1 saturated heterocycles. The van der Waals surface area contributed by atoms with Crippen molar-refractivity contribution in [1.82, 2.24) is 30.1 Å². The van der Waals surface area contributed by atoms with Crippen LogP contribution in [0, 0.1) is 0 Å². The Kier molecular flexibility index (Phi) is 8.00. The fraction of sp³-hybridized carbons (Fsp3) is 0.429. The lowest BCUT2D eigenvalue weighted by atomic mass is 10.1. The topological polar surface area (TPSA) is 107 Å². The first-order chi connectivity index (χ1) is 18.6. The number of tetrazole rings is 1. The van der Waals surface area contributed by atoms with Crippen molar-refractivity contribution < 1.29 is 14.2 Å². The van der Waals surface area contributed by atoms with Gasteiger partial charge in [-0.05, 0) is 60.0 Å². The van der Waals surface area contributed by atoms with E-state index in [-0.39, 0.29) is 17.7 Å². The Morgan fingerprint density at radius 2 is 1.97 bits per heavy atom. The number of benzene rings is 2. The molecule has 10 nitrogen and oxygen atoms in total. The maximum atomic E-state index is 13.2. The van der Waals surface area contributed by atoms with Crippen LogP contribution in [0.5, 0.6) is 11.5 Å². The standard InChI is InChI=1S/C28H34N6O4/c1-4-25(27-30-31-32-34(27)18-23-9-7-13-38-23)33(16-19-8-5-6-10-26(19)37-3)17-21-14-20-15-22(36-2)11-12-24(20)29-28(21)35/h5-6,8,10-12,14-15,23,25H,4,7,9,13,16-18H2,1-3H3,(H,29,35)/t23-,25-/m0/s1. The van der Waals surface area contributed by atoms with Crippen molar-refractivity contribution in [3.8, 4) is 11.5 Å². The predicted octanol–water partition coefficient (Wildman–Crippen LogP) is 3.86. The molecule has 0 saturated carbocycles. The van der Waals surface area contributed by atoms with Crippen LogP contribution in [0.3, 0.4) is 0 Å². The number of nitrogens with one attached hydrogen (secondary N) is 1. The molecule has 1 aliphatic heterocycles. The van der Waals surface area contributed by atoms with E-state index in [2.05, 4.69) is 32.3 Å². The number of methoxy groups -OCH3 is 2. The normalized spacial score (nSPS) is 16.3. The average molecular weight is 519 g/mol. The van der Waals surface area contributed by atoms with Gasteiger partial charge in [-0.15, -0.1) is 5.10 Å². The highest BCUT2D eigenvalue weighted by Gasteiger charge is 2.28. The van der Waals surface area contributed by atoms with Crippen molar-refractivity contribution in [2.75, 3.05) is 20.8 Å². The number of pyridine rings is 1. The highest BCUT2D eigenvalue weighted by atomic mass is 16.5. The Morgan fingerprint density at radius 1 is 1.13 bits per heavy atom. The molecule has 0 aliphatic carbocycles.